The second-order valence-electron chi connectivity index (χ2n) is 15.0. The number of fused-ring (bicyclic) bond motifs is 9. The van der Waals surface area contributed by atoms with Crippen LogP contribution in [-0.4, -0.2) is 19.1 Å². The van der Waals surface area contributed by atoms with Crippen LogP contribution in [0.4, 0.5) is 0 Å². The summed E-state index contributed by atoms with van der Waals surface area (Å²) in [7, 11) is 0. The first kappa shape index (κ1) is 32.4. The Hall–Kier alpha value is -7.82. The van der Waals surface area contributed by atoms with Crippen LogP contribution in [0.3, 0.4) is 0 Å². The van der Waals surface area contributed by atoms with Crippen molar-refractivity contribution in [1.82, 2.24) is 19.1 Å². The Bertz CT molecular complexity index is 3560. The number of para-hydroxylation sites is 3. The fourth-order valence-corrected chi connectivity index (χ4v) is 9.10. The van der Waals surface area contributed by atoms with Gasteiger partial charge in [0.25, 0.3) is 0 Å². The summed E-state index contributed by atoms with van der Waals surface area (Å²) in [6.07, 6.45) is 0. The van der Waals surface area contributed by atoms with E-state index in [2.05, 4.69) is 215 Å². The predicted molar refractivity (Wildman–Crippen MR) is 242 cm³/mol. The fraction of sp³-hybridized carbons (Fsp3) is 0. The standard InChI is InChI=1S/C54H34N4/c1-3-15-35(16-4-1)37-18-13-19-39(33-37)53-55-52-42-22-8-7-17-36(42)29-32-46(52)54(56-53)58-48-27-12-10-24-45(48)51-41(25-14-28-49(51)58)38-30-31-44-43-23-9-11-26-47(43)57(50(44)34-38)40-20-5-2-6-21-40/h1-34H. The van der Waals surface area contributed by atoms with Gasteiger partial charge in [-0.2, -0.15) is 0 Å². The molecule has 9 aromatic carbocycles. The highest BCUT2D eigenvalue weighted by atomic mass is 15.1. The van der Waals surface area contributed by atoms with Crippen LogP contribution < -0.4 is 0 Å². The Kier molecular flexibility index (Phi) is 7.20. The van der Waals surface area contributed by atoms with E-state index in [9.17, 15) is 0 Å². The zero-order valence-corrected chi connectivity index (χ0v) is 31.4. The first-order valence-corrected chi connectivity index (χ1v) is 19.8. The molecule has 0 radical (unpaired) electrons. The van der Waals surface area contributed by atoms with Crippen molar-refractivity contribution in [2.24, 2.45) is 0 Å². The van der Waals surface area contributed by atoms with Crippen molar-refractivity contribution in [3.8, 4) is 45.1 Å². The summed E-state index contributed by atoms with van der Waals surface area (Å²) in [4.78, 5) is 10.9. The molecule has 12 aromatic rings. The topological polar surface area (TPSA) is 35.6 Å². The molecule has 0 atom stereocenters. The highest BCUT2D eigenvalue weighted by Gasteiger charge is 2.22. The van der Waals surface area contributed by atoms with Crippen LogP contribution in [0.2, 0.25) is 0 Å². The van der Waals surface area contributed by atoms with Gasteiger partial charge in [0.05, 0.1) is 27.6 Å². The summed E-state index contributed by atoms with van der Waals surface area (Å²) in [6.45, 7) is 0. The third-order valence-corrected chi connectivity index (χ3v) is 11.7. The lowest BCUT2D eigenvalue weighted by Crippen LogP contribution is -2.03. The second kappa shape index (κ2) is 12.9. The molecule has 4 heteroatoms. The normalized spacial score (nSPS) is 11.8. The van der Waals surface area contributed by atoms with Crippen molar-refractivity contribution >= 4 is 65.3 Å². The molecule has 3 heterocycles. The zero-order chi connectivity index (χ0) is 38.2. The minimum atomic E-state index is 0.693. The maximum absolute atomic E-state index is 5.52. The monoisotopic (exact) mass is 738 g/mol. The van der Waals surface area contributed by atoms with Crippen LogP contribution in [0.25, 0.3) is 110 Å². The minimum Gasteiger partial charge on any atom is -0.309 e. The van der Waals surface area contributed by atoms with Gasteiger partial charge in [0.15, 0.2) is 5.82 Å². The first-order valence-electron chi connectivity index (χ1n) is 19.8. The van der Waals surface area contributed by atoms with E-state index in [0.717, 1.165) is 66.5 Å². The molecule has 0 bridgehead atoms. The molecule has 0 saturated heterocycles. The van der Waals surface area contributed by atoms with Gasteiger partial charge >= 0.3 is 0 Å². The van der Waals surface area contributed by atoms with Gasteiger partial charge in [-0.3, -0.25) is 4.57 Å². The third-order valence-electron chi connectivity index (χ3n) is 11.7. The zero-order valence-electron chi connectivity index (χ0n) is 31.4. The van der Waals surface area contributed by atoms with E-state index in [0.29, 0.717) is 5.82 Å². The summed E-state index contributed by atoms with van der Waals surface area (Å²) >= 11 is 0. The lowest BCUT2D eigenvalue weighted by molar-refractivity contribution is 1.08. The maximum atomic E-state index is 5.52. The third kappa shape index (κ3) is 4.95. The van der Waals surface area contributed by atoms with E-state index in [1.807, 2.05) is 0 Å². The average Bonchev–Trinajstić information content (AvgIpc) is 3.82. The molecule has 0 aliphatic carbocycles. The molecule has 0 aliphatic heterocycles. The summed E-state index contributed by atoms with van der Waals surface area (Å²) in [6, 6.07) is 73.8. The number of nitrogens with zero attached hydrogens (tertiary/aromatic N) is 4. The van der Waals surface area contributed by atoms with Crippen molar-refractivity contribution < 1.29 is 0 Å². The number of benzene rings is 9. The summed E-state index contributed by atoms with van der Waals surface area (Å²) in [5.74, 6) is 1.55. The molecule has 0 fully saturated rings. The van der Waals surface area contributed by atoms with Gasteiger partial charge in [0.2, 0.25) is 0 Å². The Balaban J connectivity index is 1.14. The van der Waals surface area contributed by atoms with Crippen molar-refractivity contribution in [3.05, 3.63) is 206 Å². The van der Waals surface area contributed by atoms with Gasteiger partial charge in [-0.1, -0.05) is 158 Å². The molecule has 3 aromatic heterocycles. The van der Waals surface area contributed by atoms with E-state index in [4.69, 9.17) is 9.97 Å². The smallest absolute Gasteiger partial charge is 0.162 e. The largest absolute Gasteiger partial charge is 0.309 e. The molecule has 0 spiro atoms. The van der Waals surface area contributed by atoms with Gasteiger partial charge < -0.3 is 4.57 Å². The molecule has 0 N–H and O–H groups in total. The van der Waals surface area contributed by atoms with E-state index < -0.39 is 0 Å². The van der Waals surface area contributed by atoms with Gasteiger partial charge in [-0.05, 0) is 76.2 Å². The van der Waals surface area contributed by atoms with Crippen LogP contribution >= 0.6 is 0 Å². The van der Waals surface area contributed by atoms with E-state index >= 15 is 0 Å². The van der Waals surface area contributed by atoms with Gasteiger partial charge in [-0.25, -0.2) is 9.97 Å². The second-order valence-corrected chi connectivity index (χ2v) is 15.0. The van der Waals surface area contributed by atoms with Gasteiger partial charge in [0.1, 0.15) is 5.82 Å². The molecule has 0 amide bonds. The lowest BCUT2D eigenvalue weighted by atomic mass is 9.98. The number of hydrogen-bond acceptors (Lipinski definition) is 2. The molecule has 4 nitrogen and oxygen atoms in total. The molecule has 12 rings (SSSR count). The fourth-order valence-electron chi connectivity index (χ4n) is 9.10. The molecule has 0 aliphatic rings. The predicted octanol–water partition coefficient (Wildman–Crippen LogP) is 14.0. The highest BCUT2D eigenvalue weighted by Crippen LogP contribution is 2.42. The maximum Gasteiger partial charge on any atom is 0.162 e. The van der Waals surface area contributed by atoms with Gasteiger partial charge in [-0.15, -0.1) is 0 Å². The summed E-state index contributed by atoms with van der Waals surface area (Å²) < 4.78 is 4.75. The minimum absolute atomic E-state index is 0.693. The Labute approximate surface area is 334 Å². The first-order chi connectivity index (χ1) is 28.8. The van der Waals surface area contributed by atoms with Crippen LogP contribution in [0, 0.1) is 0 Å². The van der Waals surface area contributed by atoms with Crippen LogP contribution in [0.1, 0.15) is 0 Å². The van der Waals surface area contributed by atoms with Crippen LogP contribution in [0.15, 0.2) is 206 Å². The van der Waals surface area contributed by atoms with Crippen LogP contribution in [0.5, 0.6) is 0 Å². The van der Waals surface area contributed by atoms with Gasteiger partial charge in [0, 0.05) is 43.6 Å². The van der Waals surface area contributed by atoms with E-state index in [1.54, 1.807) is 0 Å². The number of hydrogen-bond donors (Lipinski definition) is 0. The average molecular weight is 739 g/mol. The molecular formula is C54H34N4. The summed E-state index contributed by atoms with van der Waals surface area (Å²) in [5, 5.41) is 8.11. The van der Waals surface area contributed by atoms with Crippen molar-refractivity contribution in [3.63, 3.8) is 0 Å². The number of aromatic nitrogens is 4. The highest BCUT2D eigenvalue weighted by molar-refractivity contribution is 6.18. The number of rotatable bonds is 5. The summed E-state index contributed by atoms with van der Waals surface area (Å²) in [5.41, 5.74) is 12.3. The lowest BCUT2D eigenvalue weighted by Gasteiger charge is -2.15. The molecule has 58 heavy (non-hydrogen) atoms. The van der Waals surface area contributed by atoms with E-state index in [1.165, 1.54) is 38.1 Å². The van der Waals surface area contributed by atoms with E-state index in [-0.39, 0.29) is 0 Å². The molecular weight excluding hydrogens is 705 g/mol. The Morgan fingerprint density at radius 1 is 0.328 bits per heavy atom. The van der Waals surface area contributed by atoms with Crippen molar-refractivity contribution in [2.45, 2.75) is 0 Å². The molecule has 270 valence electrons. The Morgan fingerprint density at radius 2 is 0.948 bits per heavy atom. The molecule has 0 unspecified atom stereocenters. The SMILES string of the molecule is c1ccc(-c2cccc(-c3nc(-n4c5ccccc5c5c(-c6ccc7c8ccccc8n(-c8ccccc8)c7c6)cccc54)c4ccc5ccccc5c4n3)c2)cc1. The Morgan fingerprint density at radius 3 is 1.79 bits per heavy atom. The van der Waals surface area contributed by atoms with Crippen LogP contribution in [-0.2, 0) is 0 Å². The quantitative estimate of drug-likeness (QED) is 0.165. The van der Waals surface area contributed by atoms with Crippen molar-refractivity contribution in [2.75, 3.05) is 0 Å². The molecule has 0 saturated carbocycles. The van der Waals surface area contributed by atoms with Crippen molar-refractivity contribution in [1.29, 1.82) is 0 Å².